The van der Waals surface area contributed by atoms with Crippen molar-refractivity contribution in [2.24, 2.45) is 0 Å². The molecule has 0 saturated carbocycles. The van der Waals surface area contributed by atoms with E-state index in [1.807, 2.05) is 17.5 Å². The normalized spacial score (nSPS) is 10.9. The number of aromatic nitrogens is 1. The summed E-state index contributed by atoms with van der Waals surface area (Å²) < 4.78 is 13.1. The van der Waals surface area contributed by atoms with Crippen LogP contribution in [0.25, 0.3) is 10.9 Å². The van der Waals surface area contributed by atoms with E-state index in [0.717, 1.165) is 10.4 Å². The zero-order valence-corrected chi connectivity index (χ0v) is 11.7. The summed E-state index contributed by atoms with van der Waals surface area (Å²) in [6, 6.07) is 10.1. The Morgan fingerprint density at radius 3 is 2.95 bits per heavy atom. The van der Waals surface area contributed by atoms with E-state index >= 15 is 0 Å². The first-order valence-electron chi connectivity index (χ1n) is 6.19. The fourth-order valence-electron chi connectivity index (χ4n) is 2.13. The molecule has 3 nitrogen and oxygen atoms in total. The SMILES string of the molecule is CN(Cc1cccs1)C(=O)c1cc2cc(F)ccc2[nH]1. The van der Waals surface area contributed by atoms with Crippen molar-refractivity contribution >= 4 is 28.1 Å². The fraction of sp³-hybridized carbons (Fsp3) is 0.133. The van der Waals surface area contributed by atoms with E-state index in [4.69, 9.17) is 0 Å². The van der Waals surface area contributed by atoms with Crippen LogP contribution in [-0.4, -0.2) is 22.8 Å². The molecular weight excluding hydrogens is 275 g/mol. The zero-order valence-electron chi connectivity index (χ0n) is 10.9. The highest BCUT2D eigenvalue weighted by atomic mass is 32.1. The van der Waals surface area contributed by atoms with Crippen molar-refractivity contribution in [1.29, 1.82) is 0 Å². The van der Waals surface area contributed by atoms with Crippen LogP contribution >= 0.6 is 11.3 Å². The fourth-order valence-corrected chi connectivity index (χ4v) is 2.89. The third-order valence-corrected chi connectivity index (χ3v) is 3.99. The minimum absolute atomic E-state index is 0.102. The number of nitrogens with one attached hydrogen (secondary N) is 1. The van der Waals surface area contributed by atoms with Crippen LogP contribution in [-0.2, 0) is 6.54 Å². The molecule has 2 heterocycles. The zero-order chi connectivity index (χ0) is 14.1. The van der Waals surface area contributed by atoms with Gasteiger partial charge in [0, 0.05) is 22.8 Å². The number of carbonyl (C=O) groups is 1. The number of halogens is 1. The Morgan fingerprint density at radius 1 is 1.35 bits per heavy atom. The number of rotatable bonds is 3. The molecule has 0 fully saturated rings. The third kappa shape index (κ3) is 2.44. The second-order valence-electron chi connectivity index (χ2n) is 4.66. The van der Waals surface area contributed by atoms with E-state index in [2.05, 4.69) is 4.98 Å². The third-order valence-electron chi connectivity index (χ3n) is 3.13. The Hall–Kier alpha value is -2.14. The molecule has 0 unspecified atom stereocenters. The molecule has 0 atom stereocenters. The lowest BCUT2D eigenvalue weighted by Gasteiger charge is -2.14. The molecule has 1 aromatic carbocycles. The predicted octanol–water partition coefficient (Wildman–Crippen LogP) is 3.64. The van der Waals surface area contributed by atoms with Gasteiger partial charge in [-0.15, -0.1) is 11.3 Å². The van der Waals surface area contributed by atoms with E-state index in [-0.39, 0.29) is 11.7 Å². The van der Waals surface area contributed by atoms with Gasteiger partial charge in [0.05, 0.1) is 6.54 Å². The monoisotopic (exact) mass is 288 g/mol. The number of aromatic amines is 1. The first-order chi connectivity index (χ1) is 9.63. The van der Waals surface area contributed by atoms with Crippen molar-refractivity contribution in [3.05, 3.63) is 58.2 Å². The highest BCUT2D eigenvalue weighted by molar-refractivity contribution is 7.09. The number of nitrogens with zero attached hydrogens (tertiary/aromatic N) is 1. The molecule has 0 aliphatic rings. The van der Waals surface area contributed by atoms with Gasteiger partial charge in [-0.2, -0.15) is 0 Å². The first-order valence-corrected chi connectivity index (χ1v) is 7.07. The van der Waals surface area contributed by atoms with Crippen molar-refractivity contribution in [2.75, 3.05) is 7.05 Å². The molecule has 3 aromatic rings. The van der Waals surface area contributed by atoms with E-state index in [1.165, 1.54) is 12.1 Å². The minimum Gasteiger partial charge on any atom is -0.351 e. The molecular formula is C15H13FN2OS. The van der Waals surface area contributed by atoms with Gasteiger partial charge < -0.3 is 9.88 Å². The van der Waals surface area contributed by atoms with E-state index in [1.54, 1.807) is 35.4 Å². The molecule has 20 heavy (non-hydrogen) atoms. The van der Waals surface area contributed by atoms with Crippen LogP contribution in [0.5, 0.6) is 0 Å². The van der Waals surface area contributed by atoms with Crippen LogP contribution in [0.3, 0.4) is 0 Å². The van der Waals surface area contributed by atoms with E-state index < -0.39 is 0 Å². The molecule has 1 N–H and O–H groups in total. The van der Waals surface area contributed by atoms with Gasteiger partial charge in [-0.3, -0.25) is 4.79 Å². The lowest BCUT2D eigenvalue weighted by Crippen LogP contribution is -2.26. The number of fused-ring (bicyclic) bond motifs is 1. The molecule has 0 spiro atoms. The van der Waals surface area contributed by atoms with Crippen molar-refractivity contribution in [2.45, 2.75) is 6.54 Å². The van der Waals surface area contributed by atoms with Crippen molar-refractivity contribution < 1.29 is 9.18 Å². The van der Waals surface area contributed by atoms with Crippen molar-refractivity contribution in [1.82, 2.24) is 9.88 Å². The molecule has 0 aliphatic carbocycles. The molecule has 3 rings (SSSR count). The number of hydrogen-bond acceptors (Lipinski definition) is 2. The predicted molar refractivity (Wildman–Crippen MR) is 78.4 cm³/mol. The Labute approximate surface area is 119 Å². The van der Waals surface area contributed by atoms with Crippen LogP contribution in [0.1, 0.15) is 15.4 Å². The maximum Gasteiger partial charge on any atom is 0.270 e. The van der Waals surface area contributed by atoms with Gasteiger partial charge in [-0.05, 0) is 35.7 Å². The second kappa shape index (κ2) is 5.09. The molecule has 2 aromatic heterocycles. The number of thiophene rings is 1. The average Bonchev–Trinajstić information content (AvgIpc) is 3.06. The van der Waals surface area contributed by atoms with Crippen molar-refractivity contribution in [3.63, 3.8) is 0 Å². The summed E-state index contributed by atoms with van der Waals surface area (Å²) >= 11 is 1.62. The number of carbonyl (C=O) groups excluding carboxylic acids is 1. The van der Waals surface area contributed by atoms with Crippen LogP contribution in [0.15, 0.2) is 41.8 Å². The molecule has 102 valence electrons. The quantitative estimate of drug-likeness (QED) is 0.784. The van der Waals surface area contributed by atoms with Gasteiger partial charge in [0.1, 0.15) is 11.5 Å². The van der Waals surface area contributed by atoms with Crippen LogP contribution in [0.4, 0.5) is 4.39 Å². The molecule has 5 heteroatoms. The molecule has 0 bridgehead atoms. The van der Waals surface area contributed by atoms with Gasteiger partial charge in [0.2, 0.25) is 0 Å². The smallest absolute Gasteiger partial charge is 0.270 e. The summed E-state index contributed by atoms with van der Waals surface area (Å²) in [5, 5.41) is 2.69. The highest BCUT2D eigenvalue weighted by Gasteiger charge is 2.15. The summed E-state index contributed by atoms with van der Waals surface area (Å²) in [5.74, 6) is -0.405. The van der Waals surface area contributed by atoms with Crippen LogP contribution < -0.4 is 0 Å². The number of hydrogen-bond donors (Lipinski definition) is 1. The number of H-pyrrole nitrogens is 1. The maximum atomic E-state index is 13.1. The summed E-state index contributed by atoms with van der Waals surface area (Å²) in [5.41, 5.74) is 1.24. The van der Waals surface area contributed by atoms with Crippen molar-refractivity contribution in [3.8, 4) is 0 Å². The van der Waals surface area contributed by atoms with Gasteiger partial charge in [0.25, 0.3) is 5.91 Å². The van der Waals surface area contributed by atoms with Gasteiger partial charge in [-0.25, -0.2) is 4.39 Å². The topological polar surface area (TPSA) is 36.1 Å². The summed E-state index contributed by atoms with van der Waals surface area (Å²) in [4.78, 5) is 18.1. The molecule has 0 radical (unpaired) electrons. The summed E-state index contributed by atoms with van der Waals surface area (Å²) in [6.45, 7) is 0.570. The number of benzene rings is 1. The van der Waals surface area contributed by atoms with E-state index in [0.29, 0.717) is 17.6 Å². The number of amides is 1. The standard InChI is InChI=1S/C15H13FN2OS/c1-18(9-12-3-2-6-20-12)15(19)14-8-10-7-11(16)4-5-13(10)17-14/h2-8,17H,9H2,1H3. The Morgan fingerprint density at radius 2 is 2.20 bits per heavy atom. The molecule has 0 saturated heterocycles. The van der Waals surface area contributed by atoms with Crippen LogP contribution in [0.2, 0.25) is 0 Å². The average molecular weight is 288 g/mol. The summed E-state index contributed by atoms with van der Waals surface area (Å²) in [7, 11) is 1.76. The summed E-state index contributed by atoms with van der Waals surface area (Å²) in [6.07, 6.45) is 0. The van der Waals surface area contributed by atoms with Gasteiger partial charge >= 0.3 is 0 Å². The Bertz CT molecular complexity index is 748. The first kappa shape index (κ1) is 12.9. The largest absolute Gasteiger partial charge is 0.351 e. The van der Waals surface area contributed by atoms with Gasteiger partial charge in [0.15, 0.2) is 0 Å². The minimum atomic E-state index is -0.303. The lowest BCUT2D eigenvalue weighted by molar-refractivity contribution is 0.0781. The Kier molecular flexibility index (Phi) is 3.28. The molecule has 0 aliphatic heterocycles. The lowest BCUT2D eigenvalue weighted by atomic mass is 10.2. The Balaban J connectivity index is 1.84. The second-order valence-corrected chi connectivity index (χ2v) is 5.69. The van der Waals surface area contributed by atoms with Gasteiger partial charge in [-0.1, -0.05) is 6.07 Å². The van der Waals surface area contributed by atoms with E-state index in [9.17, 15) is 9.18 Å². The molecule has 1 amide bonds. The van der Waals surface area contributed by atoms with Crippen LogP contribution in [0, 0.1) is 5.82 Å². The maximum absolute atomic E-state index is 13.1. The highest BCUT2D eigenvalue weighted by Crippen LogP contribution is 2.18.